The summed E-state index contributed by atoms with van der Waals surface area (Å²) in [6.45, 7) is 12.5. The zero-order valence-corrected chi connectivity index (χ0v) is 21.2. The van der Waals surface area contributed by atoms with Gasteiger partial charge in [-0.15, -0.1) is 0 Å². The zero-order chi connectivity index (χ0) is 24.5. The van der Waals surface area contributed by atoms with Gasteiger partial charge in [-0.1, -0.05) is 13.0 Å². The number of ether oxygens (including phenoxy) is 2. The molecule has 2 amide bonds. The van der Waals surface area contributed by atoms with E-state index in [1.54, 1.807) is 27.0 Å². The molecule has 0 bridgehead atoms. The maximum atomic E-state index is 12.9. The standard InChI is InChI=1S/C25H32N2O5S/c1-8-9-27-19-12-20(31-7)17(10-18(19)16(4)13-25(27,5)6)11-21-23(29)26(24(30)33-21)14-22(28)32-15(2)3/h10-13,15H,8-9,14H2,1-7H3/b21-11-. The summed E-state index contributed by atoms with van der Waals surface area (Å²) >= 11 is 0.813. The molecule has 3 rings (SSSR count). The second-order valence-electron chi connectivity index (χ2n) is 9.05. The van der Waals surface area contributed by atoms with Gasteiger partial charge in [0.15, 0.2) is 0 Å². The Balaban J connectivity index is 1.98. The van der Waals surface area contributed by atoms with Crippen molar-refractivity contribution in [1.82, 2.24) is 4.90 Å². The first-order valence-corrected chi connectivity index (χ1v) is 11.9. The molecule has 1 saturated heterocycles. The largest absolute Gasteiger partial charge is 0.496 e. The van der Waals surface area contributed by atoms with Crippen LogP contribution in [0.15, 0.2) is 23.1 Å². The molecule has 2 aliphatic heterocycles. The Morgan fingerprint density at radius 2 is 1.94 bits per heavy atom. The molecule has 7 nitrogen and oxygen atoms in total. The highest BCUT2D eigenvalue weighted by Crippen LogP contribution is 2.43. The third-order valence-electron chi connectivity index (χ3n) is 5.59. The fourth-order valence-corrected chi connectivity index (χ4v) is 5.08. The maximum absolute atomic E-state index is 12.9. The van der Waals surface area contributed by atoms with Crippen molar-refractivity contribution < 1.29 is 23.9 Å². The number of hydrogen-bond donors (Lipinski definition) is 0. The van der Waals surface area contributed by atoms with Gasteiger partial charge in [-0.25, -0.2) is 0 Å². The quantitative estimate of drug-likeness (QED) is 0.404. The fraction of sp³-hybridized carbons (Fsp3) is 0.480. The van der Waals surface area contributed by atoms with Gasteiger partial charge in [-0.3, -0.25) is 19.3 Å². The SMILES string of the molecule is CCCN1c2cc(OC)c(/C=C3\SC(=O)N(CC(=O)OC(C)C)C3=O)cc2C(C)=CC1(C)C. The van der Waals surface area contributed by atoms with E-state index < -0.39 is 23.7 Å². The molecule has 2 heterocycles. The van der Waals surface area contributed by atoms with Gasteiger partial charge < -0.3 is 14.4 Å². The average Bonchev–Trinajstić information content (AvgIpc) is 2.97. The number of methoxy groups -OCH3 is 1. The number of thioether (sulfide) groups is 1. The van der Waals surface area contributed by atoms with Gasteiger partial charge in [0.05, 0.1) is 23.7 Å². The van der Waals surface area contributed by atoms with Crippen LogP contribution in [-0.4, -0.2) is 53.9 Å². The Bertz CT molecular complexity index is 1040. The van der Waals surface area contributed by atoms with Crippen molar-refractivity contribution in [3.63, 3.8) is 0 Å². The molecule has 0 aliphatic carbocycles. The van der Waals surface area contributed by atoms with Crippen LogP contribution in [0.2, 0.25) is 0 Å². The zero-order valence-electron chi connectivity index (χ0n) is 20.4. The van der Waals surface area contributed by atoms with E-state index >= 15 is 0 Å². The molecule has 33 heavy (non-hydrogen) atoms. The van der Waals surface area contributed by atoms with Gasteiger partial charge >= 0.3 is 5.97 Å². The molecular weight excluding hydrogens is 440 g/mol. The number of amides is 2. The summed E-state index contributed by atoms with van der Waals surface area (Å²) in [7, 11) is 1.59. The number of esters is 1. The third kappa shape index (κ3) is 5.11. The van der Waals surface area contributed by atoms with Crippen LogP contribution in [0.1, 0.15) is 59.1 Å². The van der Waals surface area contributed by atoms with Crippen LogP contribution >= 0.6 is 11.8 Å². The molecule has 0 N–H and O–H groups in total. The molecular formula is C25H32N2O5S. The molecule has 1 aromatic carbocycles. The van der Waals surface area contributed by atoms with Crippen molar-refractivity contribution in [3.05, 3.63) is 34.2 Å². The number of allylic oxidation sites excluding steroid dienone is 1. The van der Waals surface area contributed by atoms with Crippen LogP contribution in [-0.2, 0) is 14.3 Å². The highest BCUT2D eigenvalue weighted by atomic mass is 32.2. The number of hydrogen-bond acceptors (Lipinski definition) is 7. The summed E-state index contributed by atoms with van der Waals surface area (Å²) in [5.74, 6) is -0.503. The number of nitrogens with zero attached hydrogens (tertiary/aromatic N) is 2. The second-order valence-corrected chi connectivity index (χ2v) is 10.0. The molecule has 0 saturated carbocycles. The predicted octanol–water partition coefficient (Wildman–Crippen LogP) is 5.10. The van der Waals surface area contributed by atoms with Crippen LogP contribution in [0.4, 0.5) is 10.5 Å². The van der Waals surface area contributed by atoms with Crippen LogP contribution in [0, 0.1) is 0 Å². The van der Waals surface area contributed by atoms with Crippen molar-refractivity contribution in [2.45, 2.75) is 59.6 Å². The summed E-state index contributed by atoms with van der Waals surface area (Å²) in [5, 5.41) is -0.490. The summed E-state index contributed by atoms with van der Waals surface area (Å²) in [5.41, 5.74) is 3.86. The number of carbonyl (C=O) groups is 3. The Labute approximate surface area is 199 Å². The number of imide groups is 1. The highest BCUT2D eigenvalue weighted by Gasteiger charge is 2.37. The van der Waals surface area contributed by atoms with Crippen LogP contribution in [0.25, 0.3) is 11.6 Å². The molecule has 8 heteroatoms. The van der Waals surface area contributed by atoms with Gasteiger partial charge in [0.25, 0.3) is 11.1 Å². The molecule has 0 spiro atoms. The lowest BCUT2D eigenvalue weighted by Gasteiger charge is -2.43. The van der Waals surface area contributed by atoms with E-state index in [1.165, 1.54) is 0 Å². The van der Waals surface area contributed by atoms with E-state index in [1.807, 2.05) is 12.1 Å². The fourth-order valence-electron chi connectivity index (χ4n) is 4.25. The first-order valence-electron chi connectivity index (χ1n) is 11.1. The normalized spacial score (nSPS) is 18.7. The summed E-state index contributed by atoms with van der Waals surface area (Å²) in [6, 6.07) is 4.00. The van der Waals surface area contributed by atoms with E-state index in [0.29, 0.717) is 11.3 Å². The Kier molecular flexibility index (Phi) is 7.26. The van der Waals surface area contributed by atoms with Crippen molar-refractivity contribution in [3.8, 4) is 5.75 Å². The summed E-state index contributed by atoms with van der Waals surface area (Å²) in [6.07, 6.45) is 4.60. The van der Waals surface area contributed by atoms with E-state index in [0.717, 1.165) is 46.5 Å². The van der Waals surface area contributed by atoms with E-state index in [9.17, 15) is 14.4 Å². The molecule has 0 unspecified atom stereocenters. The minimum atomic E-state index is -0.612. The first kappa shape index (κ1) is 24.9. The molecule has 178 valence electrons. The Morgan fingerprint density at radius 1 is 1.24 bits per heavy atom. The molecule has 2 aliphatic rings. The van der Waals surface area contributed by atoms with Crippen molar-refractivity contribution in [1.29, 1.82) is 0 Å². The van der Waals surface area contributed by atoms with Gasteiger partial charge in [0, 0.05) is 29.4 Å². The van der Waals surface area contributed by atoms with E-state index in [2.05, 4.69) is 38.7 Å². The molecule has 1 aromatic rings. The molecule has 0 atom stereocenters. The van der Waals surface area contributed by atoms with E-state index in [4.69, 9.17) is 9.47 Å². The van der Waals surface area contributed by atoms with E-state index in [-0.39, 0.29) is 16.5 Å². The van der Waals surface area contributed by atoms with Gasteiger partial charge in [0.1, 0.15) is 12.3 Å². The van der Waals surface area contributed by atoms with Crippen LogP contribution in [0.5, 0.6) is 5.75 Å². The minimum Gasteiger partial charge on any atom is -0.496 e. The minimum absolute atomic E-state index is 0.132. The third-order valence-corrected chi connectivity index (χ3v) is 6.50. The average molecular weight is 473 g/mol. The second kappa shape index (κ2) is 9.63. The Hall–Kier alpha value is -2.74. The number of benzene rings is 1. The monoisotopic (exact) mass is 472 g/mol. The van der Waals surface area contributed by atoms with Crippen molar-refractivity contribution in [2.75, 3.05) is 25.1 Å². The molecule has 1 fully saturated rings. The highest BCUT2D eigenvalue weighted by molar-refractivity contribution is 8.18. The number of rotatable bonds is 7. The van der Waals surface area contributed by atoms with Crippen molar-refractivity contribution >= 4 is 46.2 Å². The summed E-state index contributed by atoms with van der Waals surface area (Å²) in [4.78, 5) is 40.8. The smallest absolute Gasteiger partial charge is 0.326 e. The lowest BCUT2D eigenvalue weighted by molar-refractivity contribution is -0.149. The lowest BCUT2D eigenvalue weighted by Crippen LogP contribution is -2.45. The molecule has 0 radical (unpaired) electrons. The Morgan fingerprint density at radius 3 is 2.55 bits per heavy atom. The number of carbonyl (C=O) groups excluding carboxylic acids is 3. The van der Waals surface area contributed by atoms with Gasteiger partial charge in [-0.2, -0.15) is 0 Å². The van der Waals surface area contributed by atoms with Gasteiger partial charge in [-0.05, 0) is 70.5 Å². The predicted molar refractivity (Wildman–Crippen MR) is 132 cm³/mol. The van der Waals surface area contributed by atoms with Gasteiger partial charge in [0.2, 0.25) is 0 Å². The van der Waals surface area contributed by atoms with Crippen molar-refractivity contribution in [2.24, 2.45) is 0 Å². The topological polar surface area (TPSA) is 76.2 Å². The lowest BCUT2D eigenvalue weighted by atomic mass is 9.87. The summed E-state index contributed by atoms with van der Waals surface area (Å²) < 4.78 is 10.7. The van der Waals surface area contributed by atoms with Crippen LogP contribution < -0.4 is 9.64 Å². The molecule has 0 aromatic heterocycles. The maximum Gasteiger partial charge on any atom is 0.326 e. The first-order chi connectivity index (χ1) is 15.5. The number of fused-ring (bicyclic) bond motifs is 1. The number of anilines is 1. The van der Waals surface area contributed by atoms with Crippen LogP contribution in [0.3, 0.4) is 0 Å².